The van der Waals surface area contributed by atoms with E-state index in [1.807, 2.05) is 12.1 Å². The quantitative estimate of drug-likeness (QED) is 0.643. The molecule has 3 aromatic carbocycles. The van der Waals surface area contributed by atoms with E-state index < -0.39 is 0 Å². The van der Waals surface area contributed by atoms with Crippen molar-refractivity contribution in [3.8, 4) is 0 Å². The number of hydrogen-bond donors (Lipinski definition) is 2. The Labute approximate surface area is 173 Å². The molecule has 0 spiro atoms. The smallest absolute Gasteiger partial charge is 0.104 e. The average molecular weight is 393 g/mol. The second kappa shape index (κ2) is 9.38. The van der Waals surface area contributed by atoms with Crippen LogP contribution in [0.15, 0.2) is 84.9 Å². The molecule has 0 saturated carbocycles. The van der Waals surface area contributed by atoms with Crippen LogP contribution in [-0.4, -0.2) is 19.1 Å². The summed E-state index contributed by atoms with van der Waals surface area (Å²) >= 11 is 6.03. The second-order valence-electron chi connectivity index (χ2n) is 7.90. The molecular weight excluding hydrogens is 364 g/mol. The first-order chi connectivity index (χ1) is 13.8. The van der Waals surface area contributed by atoms with Crippen LogP contribution in [0.5, 0.6) is 0 Å². The lowest BCUT2D eigenvalue weighted by atomic mass is 9.85. The summed E-state index contributed by atoms with van der Waals surface area (Å²) in [5.74, 6) is 0.584. The predicted molar refractivity (Wildman–Crippen MR) is 116 cm³/mol. The van der Waals surface area contributed by atoms with E-state index in [0.29, 0.717) is 12.0 Å². The molecule has 1 aliphatic heterocycles. The standard InChI is InChI=1S/C25H27ClN2/c26-23-13-11-20(12-14-23)17-27-25-15-16-28(18-21-7-3-1-4-8-21)19-24(25)22-9-5-2-6-10-22/h1-14,24-25,27H,15-19H2/p+2/t24-,25-/m0/s1. The topological polar surface area (TPSA) is 21.1 Å². The van der Waals surface area contributed by atoms with E-state index in [0.717, 1.165) is 18.1 Å². The lowest BCUT2D eigenvalue weighted by Gasteiger charge is -2.35. The van der Waals surface area contributed by atoms with E-state index >= 15 is 0 Å². The Morgan fingerprint density at radius 2 is 1.50 bits per heavy atom. The highest BCUT2D eigenvalue weighted by molar-refractivity contribution is 6.30. The van der Waals surface area contributed by atoms with Crippen molar-refractivity contribution in [3.05, 3.63) is 107 Å². The molecule has 1 heterocycles. The van der Waals surface area contributed by atoms with E-state index in [4.69, 9.17) is 11.6 Å². The highest BCUT2D eigenvalue weighted by atomic mass is 35.5. The third kappa shape index (κ3) is 5.02. The van der Waals surface area contributed by atoms with Crippen molar-refractivity contribution in [2.45, 2.75) is 31.5 Å². The Morgan fingerprint density at radius 1 is 0.821 bits per heavy atom. The fourth-order valence-corrected chi connectivity index (χ4v) is 4.56. The molecule has 1 aliphatic rings. The molecule has 1 fully saturated rings. The summed E-state index contributed by atoms with van der Waals surface area (Å²) in [5, 5.41) is 3.35. The van der Waals surface area contributed by atoms with Crippen LogP contribution in [0.1, 0.15) is 29.0 Å². The normalized spacial score (nSPS) is 22.1. The van der Waals surface area contributed by atoms with Crippen LogP contribution in [-0.2, 0) is 13.1 Å². The van der Waals surface area contributed by atoms with Crippen molar-refractivity contribution in [1.29, 1.82) is 0 Å². The van der Waals surface area contributed by atoms with Crippen molar-refractivity contribution < 1.29 is 10.2 Å². The number of likely N-dealkylation sites (tertiary alicyclic amines) is 1. The maximum absolute atomic E-state index is 6.03. The summed E-state index contributed by atoms with van der Waals surface area (Å²) in [6.07, 6.45) is 1.25. The lowest BCUT2D eigenvalue weighted by molar-refractivity contribution is -0.928. The van der Waals surface area contributed by atoms with Gasteiger partial charge in [0.1, 0.15) is 19.1 Å². The van der Waals surface area contributed by atoms with E-state index in [1.165, 1.54) is 36.2 Å². The number of nitrogens with one attached hydrogen (secondary N) is 1. The number of piperidine rings is 1. The Kier molecular flexibility index (Phi) is 6.43. The third-order valence-corrected chi connectivity index (χ3v) is 6.20. The zero-order valence-electron chi connectivity index (χ0n) is 16.2. The molecule has 3 aromatic rings. The van der Waals surface area contributed by atoms with Gasteiger partial charge in [-0.1, -0.05) is 84.4 Å². The first-order valence-electron chi connectivity index (χ1n) is 10.3. The monoisotopic (exact) mass is 392 g/mol. The highest BCUT2D eigenvalue weighted by Gasteiger charge is 2.35. The summed E-state index contributed by atoms with van der Waals surface area (Å²) in [6, 6.07) is 30.9. The van der Waals surface area contributed by atoms with Gasteiger partial charge < -0.3 is 10.2 Å². The molecule has 0 aliphatic carbocycles. The first-order valence-corrected chi connectivity index (χ1v) is 10.7. The molecule has 3 heteroatoms. The molecule has 0 amide bonds. The molecule has 3 N–H and O–H groups in total. The fourth-order valence-electron chi connectivity index (χ4n) is 4.44. The number of rotatable bonds is 6. The number of halogens is 1. The van der Waals surface area contributed by atoms with Crippen molar-refractivity contribution in [2.75, 3.05) is 13.1 Å². The van der Waals surface area contributed by atoms with Crippen molar-refractivity contribution in [3.63, 3.8) is 0 Å². The Bertz CT molecular complexity index is 849. The minimum Gasteiger partial charge on any atom is -0.339 e. The van der Waals surface area contributed by atoms with Crippen LogP contribution in [0.3, 0.4) is 0 Å². The molecule has 1 saturated heterocycles. The summed E-state index contributed by atoms with van der Waals surface area (Å²) in [4.78, 5) is 1.69. The van der Waals surface area contributed by atoms with Gasteiger partial charge >= 0.3 is 0 Å². The molecule has 0 radical (unpaired) electrons. The van der Waals surface area contributed by atoms with Crippen molar-refractivity contribution in [2.24, 2.45) is 0 Å². The molecular formula is C25H29ClN2+2. The van der Waals surface area contributed by atoms with Gasteiger partial charge in [-0.15, -0.1) is 0 Å². The van der Waals surface area contributed by atoms with E-state index in [2.05, 4.69) is 78.1 Å². The van der Waals surface area contributed by atoms with Crippen molar-refractivity contribution >= 4 is 11.6 Å². The van der Waals surface area contributed by atoms with Gasteiger partial charge in [0.15, 0.2) is 0 Å². The van der Waals surface area contributed by atoms with Gasteiger partial charge in [0, 0.05) is 22.6 Å². The van der Waals surface area contributed by atoms with Crippen LogP contribution >= 0.6 is 11.6 Å². The molecule has 0 bridgehead atoms. The van der Waals surface area contributed by atoms with Gasteiger partial charge in [-0.25, -0.2) is 0 Å². The molecule has 2 nitrogen and oxygen atoms in total. The third-order valence-electron chi connectivity index (χ3n) is 5.95. The van der Waals surface area contributed by atoms with Gasteiger partial charge in [0.05, 0.1) is 19.0 Å². The Morgan fingerprint density at radius 3 is 2.21 bits per heavy atom. The Balaban J connectivity index is 1.45. The zero-order valence-corrected chi connectivity index (χ0v) is 17.0. The fraction of sp³-hybridized carbons (Fsp3) is 0.280. The highest BCUT2D eigenvalue weighted by Crippen LogP contribution is 2.20. The van der Waals surface area contributed by atoms with Crippen LogP contribution in [0.2, 0.25) is 5.02 Å². The van der Waals surface area contributed by atoms with E-state index in [9.17, 15) is 0 Å². The first kappa shape index (κ1) is 19.2. The zero-order chi connectivity index (χ0) is 19.2. The molecule has 144 valence electrons. The van der Waals surface area contributed by atoms with Gasteiger partial charge in [0.25, 0.3) is 0 Å². The summed E-state index contributed by atoms with van der Waals surface area (Å²) < 4.78 is 0. The van der Waals surface area contributed by atoms with Gasteiger partial charge in [-0.05, 0) is 17.7 Å². The number of benzene rings is 3. The molecule has 3 atom stereocenters. The molecule has 0 aromatic heterocycles. The van der Waals surface area contributed by atoms with Crippen molar-refractivity contribution in [1.82, 2.24) is 0 Å². The number of nitrogens with two attached hydrogens (primary N) is 1. The average Bonchev–Trinajstić information content (AvgIpc) is 2.75. The molecule has 28 heavy (non-hydrogen) atoms. The van der Waals surface area contributed by atoms with E-state index in [1.54, 1.807) is 4.90 Å². The van der Waals surface area contributed by atoms with Gasteiger partial charge in [-0.3, -0.25) is 0 Å². The molecule has 4 rings (SSSR count). The van der Waals surface area contributed by atoms with Crippen LogP contribution in [0, 0.1) is 0 Å². The van der Waals surface area contributed by atoms with Crippen LogP contribution in [0.25, 0.3) is 0 Å². The summed E-state index contributed by atoms with van der Waals surface area (Å²) in [7, 11) is 0. The largest absolute Gasteiger partial charge is 0.339 e. The van der Waals surface area contributed by atoms with Gasteiger partial charge in [0.2, 0.25) is 0 Å². The predicted octanol–water partition coefficient (Wildman–Crippen LogP) is 3.04. The van der Waals surface area contributed by atoms with Crippen LogP contribution in [0.4, 0.5) is 0 Å². The summed E-state index contributed by atoms with van der Waals surface area (Å²) in [5.41, 5.74) is 4.26. The van der Waals surface area contributed by atoms with E-state index in [-0.39, 0.29) is 0 Å². The maximum Gasteiger partial charge on any atom is 0.104 e. The minimum absolute atomic E-state index is 0.584. The SMILES string of the molecule is Clc1ccc(C[NH2+][C@H]2CC[NH+](Cc3ccccc3)C[C@H]2c2ccccc2)cc1. The number of quaternary nitrogens is 2. The van der Waals surface area contributed by atoms with Crippen LogP contribution < -0.4 is 10.2 Å². The Hall–Kier alpha value is -2.13. The number of hydrogen-bond acceptors (Lipinski definition) is 0. The summed E-state index contributed by atoms with van der Waals surface area (Å²) in [6.45, 7) is 4.56. The second-order valence-corrected chi connectivity index (χ2v) is 8.34. The maximum atomic E-state index is 6.03. The lowest BCUT2D eigenvalue weighted by Crippen LogP contribution is -3.14. The molecule has 1 unspecified atom stereocenters. The minimum atomic E-state index is 0.584. The van der Waals surface area contributed by atoms with Gasteiger partial charge in [-0.2, -0.15) is 0 Å².